The number of H-pyrrole nitrogens is 1. The van der Waals surface area contributed by atoms with E-state index in [1.54, 1.807) is 30.9 Å². The number of benzene rings is 1. The van der Waals surface area contributed by atoms with Crippen molar-refractivity contribution in [1.82, 2.24) is 19.4 Å². The lowest BCUT2D eigenvalue weighted by Gasteiger charge is -2.34. The van der Waals surface area contributed by atoms with E-state index in [2.05, 4.69) is 10.2 Å². The summed E-state index contributed by atoms with van der Waals surface area (Å²) in [6.07, 6.45) is 0.851. The molecule has 0 aliphatic carbocycles. The second-order valence-corrected chi connectivity index (χ2v) is 8.55. The van der Waals surface area contributed by atoms with Crippen LogP contribution in [0.25, 0.3) is 0 Å². The van der Waals surface area contributed by atoms with E-state index < -0.39 is 10.0 Å². The van der Waals surface area contributed by atoms with Crippen LogP contribution in [-0.2, 0) is 21.2 Å². The smallest absolute Gasteiger partial charge is 0.246 e. The molecule has 0 unspecified atom stereocenters. The van der Waals surface area contributed by atoms with Gasteiger partial charge in [-0.25, -0.2) is 12.8 Å². The molecule has 9 heteroatoms. The first kappa shape index (κ1) is 19.5. The minimum atomic E-state index is -3.62. The van der Waals surface area contributed by atoms with Gasteiger partial charge < -0.3 is 4.90 Å². The van der Waals surface area contributed by atoms with E-state index in [0.29, 0.717) is 37.3 Å². The zero-order chi connectivity index (χ0) is 19.6. The first-order chi connectivity index (χ1) is 12.8. The number of aromatic amines is 1. The second-order valence-electron chi connectivity index (χ2n) is 6.67. The Morgan fingerprint density at radius 1 is 1.15 bits per heavy atom. The molecule has 1 aromatic carbocycles. The minimum Gasteiger partial charge on any atom is -0.340 e. The van der Waals surface area contributed by atoms with Crippen molar-refractivity contribution in [2.24, 2.45) is 0 Å². The number of nitrogens with one attached hydrogen (secondary N) is 1. The molecule has 2 aromatic rings. The minimum absolute atomic E-state index is 0.0213. The molecule has 1 fully saturated rings. The number of carbonyl (C=O) groups is 1. The predicted molar refractivity (Wildman–Crippen MR) is 98.1 cm³/mol. The fourth-order valence-corrected chi connectivity index (χ4v) is 5.04. The van der Waals surface area contributed by atoms with E-state index in [1.165, 1.54) is 16.4 Å². The van der Waals surface area contributed by atoms with Crippen molar-refractivity contribution in [1.29, 1.82) is 0 Å². The summed E-state index contributed by atoms with van der Waals surface area (Å²) in [5.74, 6) is -0.322. The molecule has 0 radical (unpaired) electrons. The van der Waals surface area contributed by atoms with Crippen LogP contribution in [0.15, 0.2) is 29.2 Å². The molecule has 146 valence electrons. The van der Waals surface area contributed by atoms with Gasteiger partial charge in [0.25, 0.3) is 0 Å². The maximum atomic E-state index is 12.9. The SMILES string of the molecule is Cc1n[nH]c(C)c1S(=O)(=O)N1CCN(C(=O)CCc2ccc(F)cc2)CC1. The summed E-state index contributed by atoms with van der Waals surface area (Å²) in [5, 5.41) is 6.66. The highest BCUT2D eigenvalue weighted by molar-refractivity contribution is 7.89. The van der Waals surface area contributed by atoms with Crippen LogP contribution in [0.4, 0.5) is 4.39 Å². The Bertz CT molecular complexity index is 897. The molecular weight excluding hydrogens is 371 g/mol. The van der Waals surface area contributed by atoms with Crippen molar-refractivity contribution in [2.45, 2.75) is 31.6 Å². The number of rotatable bonds is 5. The molecule has 1 saturated heterocycles. The van der Waals surface area contributed by atoms with Gasteiger partial charge in [0.1, 0.15) is 10.7 Å². The highest BCUT2D eigenvalue weighted by atomic mass is 32.2. The Morgan fingerprint density at radius 3 is 2.33 bits per heavy atom. The lowest BCUT2D eigenvalue weighted by Crippen LogP contribution is -2.50. The quantitative estimate of drug-likeness (QED) is 0.835. The molecule has 2 heterocycles. The number of amides is 1. The monoisotopic (exact) mass is 394 g/mol. The third-order valence-electron chi connectivity index (χ3n) is 4.79. The number of carbonyl (C=O) groups excluding carboxylic acids is 1. The van der Waals surface area contributed by atoms with Crippen molar-refractivity contribution in [2.75, 3.05) is 26.2 Å². The Balaban J connectivity index is 1.56. The number of aromatic nitrogens is 2. The lowest BCUT2D eigenvalue weighted by atomic mass is 10.1. The first-order valence-electron chi connectivity index (χ1n) is 8.83. The molecule has 1 aliphatic heterocycles. The molecule has 1 N–H and O–H groups in total. The van der Waals surface area contributed by atoms with Crippen LogP contribution in [0.3, 0.4) is 0 Å². The topological polar surface area (TPSA) is 86.4 Å². The van der Waals surface area contributed by atoms with Crippen molar-refractivity contribution in [3.05, 3.63) is 47.0 Å². The summed E-state index contributed by atoms with van der Waals surface area (Å²) < 4.78 is 40.0. The van der Waals surface area contributed by atoms with Gasteiger partial charge in [-0.3, -0.25) is 9.89 Å². The first-order valence-corrected chi connectivity index (χ1v) is 10.3. The molecule has 0 bridgehead atoms. The predicted octanol–water partition coefficient (Wildman–Crippen LogP) is 1.63. The Kier molecular flexibility index (Phi) is 5.61. The van der Waals surface area contributed by atoms with Gasteiger partial charge in [0.15, 0.2) is 0 Å². The van der Waals surface area contributed by atoms with Crippen LogP contribution in [0, 0.1) is 19.7 Å². The fourth-order valence-electron chi connectivity index (χ4n) is 3.29. The molecule has 0 spiro atoms. The van der Waals surface area contributed by atoms with Crippen LogP contribution in [0.5, 0.6) is 0 Å². The summed E-state index contributed by atoms with van der Waals surface area (Å²) in [6.45, 7) is 4.58. The number of nitrogens with zero attached hydrogens (tertiary/aromatic N) is 3. The second kappa shape index (κ2) is 7.77. The fraction of sp³-hybridized carbons (Fsp3) is 0.444. The Labute approximate surface area is 158 Å². The van der Waals surface area contributed by atoms with Gasteiger partial charge in [-0.1, -0.05) is 12.1 Å². The summed E-state index contributed by atoms with van der Waals surface area (Å²) in [5.41, 5.74) is 1.87. The normalized spacial score (nSPS) is 15.9. The van der Waals surface area contributed by atoms with Crippen LogP contribution in [0.2, 0.25) is 0 Å². The average Bonchev–Trinajstić information content (AvgIpc) is 3.00. The van der Waals surface area contributed by atoms with Gasteiger partial charge in [-0.05, 0) is 38.0 Å². The van der Waals surface area contributed by atoms with Crippen LogP contribution in [-0.4, -0.2) is 59.9 Å². The number of hydrogen-bond acceptors (Lipinski definition) is 4. The van der Waals surface area contributed by atoms with Crippen molar-refractivity contribution in [3.8, 4) is 0 Å². The number of halogens is 1. The van der Waals surface area contributed by atoms with E-state index in [1.807, 2.05) is 0 Å². The summed E-state index contributed by atoms with van der Waals surface area (Å²) >= 11 is 0. The highest BCUT2D eigenvalue weighted by Crippen LogP contribution is 2.23. The zero-order valence-corrected chi connectivity index (χ0v) is 16.2. The highest BCUT2D eigenvalue weighted by Gasteiger charge is 2.33. The molecule has 0 atom stereocenters. The summed E-state index contributed by atoms with van der Waals surface area (Å²) in [4.78, 5) is 14.3. The van der Waals surface area contributed by atoms with Gasteiger partial charge in [0.2, 0.25) is 15.9 Å². The maximum absolute atomic E-state index is 12.9. The molecular formula is C18H23FN4O3S. The van der Waals surface area contributed by atoms with E-state index in [-0.39, 0.29) is 29.7 Å². The molecule has 1 amide bonds. The average molecular weight is 394 g/mol. The van der Waals surface area contributed by atoms with E-state index in [4.69, 9.17) is 0 Å². The Morgan fingerprint density at radius 2 is 1.78 bits per heavy atom. The molecule has 7 nitrogen and oxygen atoms in total. The largest absolute Gasteiger partial charge is 0.340 e. The standard InChI is InChI=1S/C18H23FN4O3S/c1-13-18(14(2)21-20-13)27(25,26)23-11-9-22(10-12-23)17(24)8-5-15-3-6-16(19)7-4-15/h3-4,6-7H,5,8-12H2,1-2H3,(H,20,21). The Hall–Kier alpha value is -2.26. The molecule has 1 aliphatic rings. The molecule has 3 rings (SSSR count). The van der Waals surface area contributed by atoms with Crippen LogP contribution < -0.4 is 0 Å². The van der Waals surface area contributed by atoms with Gasteiger partial charge in [0.05, 0.1) is 11.4 Å². The van der Waals surface area contributed by atoms with E-state index in [0.717, 1.165) is 5.56 Å². The van der Waals surface area contributed by atoms with Crippen molar-refractivity contribution >= 4 is 15.9 Å². The van der Waals surface area contributed by atoms with Gasteiger partial charge in [-0.2, -0.15) is 9.40 Å². The van der Waals surface area contributed by atoms with Gasteiger partial charge in [0, 0.05) is 32.6 Å². The molecule has 1 aromatic heterocycles. The molecule has 27 heavy (non-hydrogen) atoms. The van der Waals surface area contributed by atoms with Crippen molar-refractivity contribution in [3.63, 3.8) is 0 Å². The van der Waals surface area contributed by atoms with Crippen molar-refractivity contribution < 1.29 is 17.6 Å². The van der Waals surface area contributed by atoms with E-state index in [9.17, 15) is 17.6 Å². The van der Waals surface area contributed by atoms with Gasteiger partial charge >= 0.3 is 0 Å². The third kappa shape index (κ3) is 4.19. The maximum Gasteiger partial charge on any atom is 0.246 e. The number of piperazine rings is 1. The lowest BCUT2D eigenvalue weighted by molar-refractivity contribution is -0.132. The van der Waals surface area contributed by atoms with Gasteiger partial charge in [-0.15, -0.1) is 0 Å². The van der Waals surface area contributed by atoms with E-state index >= 15 is 0 Å². The summed E-state index contributed by atoms with van der Waals surface area (Å²) in [6, 6.07) is 6.10. The number of aryl methyl sites for hydroxylation is 3. The number of hydrogen-bond donors (Lipinski definition) is 1. The summed E-state index contributed by atoms with van der Waals surface area (Å²) in [7, 11) is -3.62. The number of sulfonamides is 1. The van der Waals surface area contributed by atoms with Crippen LogP contribution in [0.1, 0.15) is 23.4 Å². The zero-order valence-electron chi connectivity index (χ0n) is 15.4. The van der Waals surface area contributed by atoms with Crippen LogP contribution >= 0.6 is 0 Å². The third-order valence-corrected chi connectivity index (χ3v) is 6.95. The molecule has 0 saturated carbocycles.